The van der Waals surface area contributed by atoms with Gasteiger partial charge in [0.15, 0.2) is 0 Å². The molecule has 8 heteroatoms. The zero-order valence-electron chi connectivity index (χ0n) is 16.5. The zero-order valence-corrected chi connectivity index (χ0v) is 16.5. The van der Waals surface area contributed by atoms with E-state index in [0.717, 1.165) is 7.11 Å². The van der Waals surface area contributed by atoms with Crippen LogP contribution in [0.5, 0.6) is 0 Å². The average Bonchev–Trinajstić information content (AvgIpc) is 2.47. The molecule has 0 radical (unpaired) electrons. The number of carbonyl (C=O) groups is 4. The van der Waals surface area contributed by atoms with Crippen molar-refractivity contribution in [1.82, 2.24) is 5.32 Å². The lowest BCUT2D eigenvalue weighted by molar-refractivity contribution is -0.157. The van der Waals surface area contributed by atoms with E-state index in [-0.39, 0.29) is 25.2 Å². The summed E-state index contributed by atoms with van der Waals surface area (Å²) in [5.41, 5.74) is -0.661. The Morgan fingerprint density at radius 2 is 1.69 bits per heavy atom. The molecular formula is C18H31NO7. The lowest BCUT2D eigenvalue weighted by Gasteiger charge is -2.24. The zero-order chi connectivity index (χ0) is 20.5. The molecule has 0 unspecified atom stereocenters. The van der Waals surface area contributed by atoms with Gasteiger partial charge in [0.2, 0.25) is 5.91 Å². The van der Waals surface area contributed by atoms with Gasteiger partial charge < -0.3 is 19.9 Å². The van der Waals surface area contributed by atoms with E-state index in [0.29, 0.717) is 6.42 Å². The van der Waals surface area contributed by atoms with Crippen molar-refractivity contribution in [3.05, 3.63) is 0 Å². The molecule has 1 amide bonds. The summed E-state index contributed by atoms with van der Waals surface area (Å²) in [6, 6.07) is -1.07. The van der Waals surface area contributed by atoms with Crippen molar-refractivity contribution < 1.29 is 33.8 Å². The molecule has 0 aromatic carbocycles. The van der Waals surface area contributed by atoms with Gasteiger partial charge in [-0.2, -0.15) is 0 Å². The monoisotopic (exact) mass is 373 g/mol. The first kappa shape index (κ1) is 23.9. The molecule has 0 bridgehead atoms. The average molecular weight is 373 g/mol. The molecule has 26 heavy (non-hydrogen) atoms. The van der Waals surface area contributed by atoms with Crippen LogP contribution in [-0.4, -0.2) is 47.7 Å². The number of carbonyl (C=O) groups excluding carboxylic acids is 3. The highest BCUT2D eigenvalue weighted by Crippen LogP contribution is 2.19. The topological polar surface area (TPSA) is 119 Å². The summed E-state index contributed by atoms with van der Waals surface area (Å²) in [6.45, 7) is 9.04. The number of hydrogen-bond donors (Lipinski definition) is 2. The Labute approximate surface area is 154 Å². The number of hydrogen-bond acceptors (Lipinski definition) is 6. The van der Waals surface area contributed by atoms with Gasteiger partial charge in [-0.05, 0) is 39.5 Å². The maximum absolute atomic E-state index is 12.6. The van der Waals surface area contributed by atoms with E-state index in [1.54, 1.807) is 20.8 Å². The predicted octanol–water partition coefficient (Wildman–Crippen LogP) is 1.90. The molecule has 0 rings (SSSR count). The second-order valence-corrected chi connectivity index (χ2v) is 7.63. The fourth-order valence-electron chi connectivity index (χ4n) is 2.39. The first-order valence-corrected chi connectivity index (χ1v) is 8.67. The van der Waals surface area contributed by atoms with Gasteiger partial charge in [0.25, 0.3) is 0 Å². The van der Waals surface area contributed by atoms with Gasteiger partial charge in [-0.15, -0.1) is 0 Å². The quantitative estimate of drug-likeness (QED) is 0.561. The summed E-state index contributed by atoms with van der Waals surface area (Å²) in [5, 5.41) is 11.3. The first-order valence-electron chi connectivity index (χ1n) is 8.67. The van der Waals surface area contributed by atoms with Crippen molar-refractivity contribution in [3.63, 3.8) is 0 Å². The Morgan fingerprint density at radius 3 is 2.12 bits per heavy atom. The third-order valence-electron chi connectivity index (χ3n) is 3.41. The van der Waals surface area contributed by atoms with Crippen molar-refractivity contribution in [2.45, 2.75) is 71.9 Å². The lowest BCUT2D eigenvalue weighted by atomic mass is 9.92. The van der Waals surface area contributed by atoms with Gasteiger partial charge in [0.1, 0.15) is 11.6 Å². The van der Waals surface area contributed by atoms with Crippen molar-refractivity contribution in [1.29, 1.82) is 0 Å². The smallest absolute Gasteiger partial charge is 0.328 e. The molecule has 0 aliphatic heterocycles. The second kappa shape index (κ2) is 10.8. The number of nitrogens with one attached hydrogen (secondary N) is 1. The Morgan fingerprint density at radius 1 is 1.12 bits per heavy atom. The summed E-state index contributed by atoms with van der Waals surface area (Å²) in [4.78, 5) is 47.2. The number of amides is 1. The number of methoxy groups -OCH3 is 1. The first-order chi connectivity index (χ1) is 11.9. The standard InChI is InChI=1S/C18H31NO7/c1-11(2)9-12(10-15(22)26-18(3,4)5)16(23)19-13(17(24)25-6)7-8-14(20)21/h11-13H,7-10H2,1-6H3,(H,19,23)(H,20,21)/t12-,13-/m1/s1. The molecule has 0 aliphatic carbocycles. The molecule has 0 fully saturated rings. The Hall–Kier alpha value is -2.12. The minimum Gasteiger partial charge on any atom is -0.481 e. The number of carboxylic acids is 1. The summed E-state index contributed by atoms with van der Waals surface area (Å²) in [6.07, 6.45) is -0.0679. The fourth-order valence-corrected chi connectivity index (χ4v) is 2.39. The lowest BCUT2D eigenvalue weighted by Crippen LogP contribution is -2.45. The molecule has 0 heterocycles. The normalized spacial score (nSPS) is 13.7. The third-order valence-corrected chi connectivity index (χ3v) is 3.41. The Balaban J connectivity index is 5.09. The number of esters is 2. The van der Waals surface area contributed by atoms with Crippen LogP contribution in [0.15, 0.2) is 0 Å². The molecule has 0 aliphatic rings. The molecule has 150 valence electrons. The molecule has 8 nitrogen and oxygen atoms in total. The summed E-state index contributed by atoms with van der Waals surface area (Å²) < 4.78 is 9.88. The third kappa shape index (κ3) is 10.7. The van der Waals surface area contributed by atoms with Crippen LogP contribution in [0.3, 0.4) is 0 Å². The van der Waals surface area contributed by atoms with Gasteiger partial charge in [0.05, 0.1) is 13.5 Å². The van der Waals surface area contributed by atoms with Gasteiger partial charge in [0, 0.05) is 12.3 Å². The maximum Gasteiger partial charge on any atom is 0.328 e. The van der Waals surface area contributed by atoms with Crippen LogP contribution in [-0.2, 0) is 28.7 Å². The number of aliphatic carboxylic acids is 1. The van der Waals surface area contributed by atoms with E-state index in [9.17, 15) is 19.2 Å². The summed E-state index contributed by atoms with van der Waals surface area (Å²) in [5.74, 6) is -3.34. The van der Waals surface area contributed by atoms with Crippen molar-refractivity contribution in [2.75, 3.05) is 7.11 Å². The summed E-state index contributed by atoms with van der Waals surface area (Å²) >= 11 is 0. The number of ether oxygens (including phenoxy) is 2. The molecule has 2 N–H and O–H groups in total. The van der Waals surface area contributed by atoms with Gasteiger partial charge in [-0.1, -0.05) is 13.8 Å². The second-order valence-electron chi connectivity index (χ2n) is 7.63. The van der Waals surface area contributed by atoms with E-state index >= 15 is 0 Å². The highest BCUT2D eigenvalue weighted by molar-refractivity contribution is 5.88. The number of rotatable bonds is 10. The summed E-state index contributed by atoms with van der Waals surface area (Å²) in [7, 11) is 1.16. The Bertz CT molecular complexity index is 508. The largest absolute Gasteiger partial charge is 0.481 e. The molecule has 0 aromatic rings. The minimum absolute atomic E-state index is 0.0887. The Kier molecular flexibility index (Phi) is 9.90. The van der Waals surface area contributed by atoms with Gasteiger partial charge in [-0.25, -0.2) is 4.79 Å². The molecule has 0 aromatic heterocycles. The van der Waals surface area contributed by atoms with Gasteiger partial charge >= 0.3 is 17.9 Å². The molecular weight excluding hydrogens is 342 g/mol. The maximum atomic E-state index is 12.6. The van der Waals surface area contributed by atoms with Crippen LogP contribution in [0.4, 0.5) is 0 Å². The van der Waals surface area contributed by atoms with E-state index in [1.165, 1.54) is 0 Å². The molecule has 0 spiro atoms. The molecule has 2 atom stereocenters. The van der Waals surface area contributed by atoms with E-state index in [1.807, 2.05) is 13.8 Å². The van der Waals surface area contributed by atoms with Crippen LogP contribution >= 0.6 is 0 Å². The van der Waals surface area contributed by atoms with E-state index in [2.05, 4.69) is 10.1 Å². The van der Waals surface area contributed by atoms with Crippen LogP contribution < -0.4 is 5.32 Å². The SMILES string of the molecule is COC(=O)[C@@H](CCC(=O)O)NC(=O)[C@@H](CC(=O)OC(C)(C)C)CC(C)C. The predicted molar refractivity (Wildman–Crippen MR) is 94.2 cm³/mol. The minimum atomic E-state index is -1.08. The number of carboxylic acid groups (broad SMARTS) is 1. The van der Waals surface area contributed by atoms with Gasteiger partial charge in [-0.3, -0.25) is 14.4 Å². The van der Waals surface area contributed by atoms with Crippen molar-refractivity contribution in [3.8, 4) is 0 Å². The molecule has 0 saturated carbocycles. The van der Waals surface area contributed by atoms with Crippen LogP contribution in [0.1, 0.15) is 60.3 Å². The highest BCUT2D eigenvalue weighted by Gasteiger charge is 2.30. The van der Waals surface area contributed by atoms with Crippen molar-refractivity contribution in [2.24, 2.45) is 11.8 Å². The van der Waals surface area contributed by atoms with E-state index in [4.69, 9.17) is 9.84 Å². The van der Waals surface area contributed by atoms with Crippen LogP contribution in [0.25, 0.3) is 0 Å². The van der Waals surface area contributed by atoms with Crippen LogP contribution in [0, 0.1) is 11.8 Å². The fraction of sp³-hybridized carbons (Fsp3) is 0.778. The van der Waals surface area contributed by atoms with Crippen molar-refractivity contribution >= 4 is 23.8 Å². The van der Waals surface area contributed by atoms with E-state index < -0.39 is 41.4 Å². The van der Waals surface area contributed by atoms with Crippen LogP contribution in [0.2, 0.25) is 0 Å². The molecule has 0 saturated heterocycles. The highest BCUT2D eigenvalue weighted by atomic mass is 16.6.